The fraction of sp³-hybridized carbons (Fsp3) is 0.300. The summed E-state index contributed by atoms with van der Waals surface area (Å²) in [6, 6.07) is 15.0. The first-order valence-corrected chi connectivity index (χ1v) is 9.33. The molecule has 0 heterocycles. The maximum atomic E-state index is 12.5. The molecule has 6 heteroatoms. The Kier molecular flexibility index (Phi) is 6.84. The molecule has 1 unspecified atom stereocenters. The van der Waals surface area contributed by atoms with E-state index in [1.54, 1.807) is 26.0 Å². The number of carbonyl (C=O) groups excluding carboxylic acids is 2. The number of halogens is 2. The Labute approximate surface area is 166 Å². The summed E-state index contributed by atoms with van der Waals surface area (Å²) in [4.78, 5) is 23.5. The molecule has 2 aromatic carbocycles. The summed E-state index contributed by atoms with van der Waals surface area (Å²) in [6.07, 6.45) is 0. The van der Waals surface area contributed by atoms with Crippen LogP contribution in [0.2, 0.25) is 5.02 Å². The predicted octanol–water partition coefficient (Wildman–Crippen LogP) is 5.27. The van der Waals surface area contributed by atoms with Crippen LogP contribution < -0.4 is 4.74 Å². The number of esters is 1. The Bertz CT molecular complexity index is 769. The average molecular weight is 440 g/mol. The van der Waals surface area contributed by atoms with Gasteiger partial charge in [0.15, 0.2) is 5.78 Å². The van der Waals surface area contributed by atoms with E-state index >= 15 is 0 Å². The Hall–Kier alpha value is -1.85. The minimum absolute atomic E-state index is 0.00211. The molecule has 0 saturated heterocycles. The van der Waals surface area contributed by atoms with Crippen LogP contribution in [-0.2, 0) is 14.3 Å². The lowest BCUT2D eigenvalue weighted by molar-refractivity contribution is -0.147. The van der Waals surface area contributed by atoms with Crippen LogP contribution in [0.25, 0.3) is 11.1 Å². The van der Waals surface area contributed by atoms with Gasteiger partial charge in [-0.25, -0.2) is 0 Å². The number of hydrogen-bond donors (Lipinski definition) is 0. The van der Waals surface area contributed by atoms with Gasteiger partial charge >= 0.3 is 5.97 Å². The van der Waals surface area contributed by atoms with Gasteiger partial charge in [-0.05, 0) is 65.2 Å². The van der Waals surface area contributed by atoms with Crippen molar-refractivity contribution in [3.8, 4) is 16.9 Å². The number of hydrogen-bond acceptors (Lipinski definition) is 4. The van der Waals surface area contributed by atoms with Crippen molar-refractivity contribution in [1.82, 2.24) is 0 Å². The van der Waals surface area contributed by atoms with Crippen molar-refractivity contribution in [1.29, 1.82) is 0 Å². The average Bonchev–Trinajstić information content (AvgIpc) is 2.61. The fourth-order valence-electron chi connectivity index (χ4n) is 2.20. The summed E-state index contributed by atoms with van der Waals surface area (Å²) in [7, 11) is 0. The molecule has 0 aromatic heterocycles. The van der Waals surface area contributed by atoms with Crippen LogP contribution in [0.5, 0.6) is 5.75 Å². The maximum Gasteiger partial charge on any atom is 0.302 e. The van der Waals surface area contributed by atoms with Crippen LogP contribution in [0.4, 0.5) is 0 Å². The van der Waals surface area contributed by atoms with Crippen molar-refractivity contribution in [2.24, 2.45) is 5.41 Å². The third-order valence-corrected chi connectivity index (χ3v) is 4.64. The van der Waals surface area contributed by atoms with Crippen LogP contribution in [0.3, 0.4) is 0 Å². The van der Waals surface area contributed by atoms with E-state index in [9.17, 15) is 9.59 Å². The van der Waals surface area contributed by atoms with Crippen LogP contribution in [0, 0.1) is 5.41 Å². The van der Waals surface area contributed by atoms with Gasteiger partial charge < -0.3 is 9.47 Å². The minimum Gasteiger partial charge on any atom is -0.471 e. The van der Waals surface area contributed by atoms with Crippen LogP contribution >= 0.6 is 27.5 Å². The molecule has 0 fully saturated rings. The highest BCUT2D eigenvalue weighted by Crippen LogP contribution is 2.27. The van der Waals surface area contributed by atoms with Gasteiger partial charge in [0.1, 0.15) is 12.4 Å². The SMILES string of the molecule is CC(=O)OCC(C)(C)C(=O)C(Br)Oc1ccc(-c2ccc(Cl)cc2)cc1. The van der Waals surface area contributed by atoms with Crippen molar-refractivity contribution in [3.63, 3.8) is 0 Å². The molecule has 2 rings (SSSR count). The van der Waals surface area contributed by atoms with Crippen molar-refractivity contribution in [2.45, 2.75) is 25.8 Å². The molecule has 0 N–H and O–H groups in total. The molecule has 0 aliphatic rings. The van der Waals surface area contributed by atoms with Crippen molar-refractivity contribution in [3.05, 3.63) is 53.6 Å². The van der Waals surface area contributed by atoms with Gasteiger partial charge in [0, 0.05) is 11.9 Å². The highest BCUT2D eigenvalue weighted by Gasteiger charge is 2.35. The van der Waals surface area contributed by atoms with Gasteiger partial charge in [-0.1, -0.05) is 35.9 Å². The first-order chi connectivity index (χ1) is 12.2. The molecule has 0 amide bonds. The second-order valence-corrected chi connectivity index (χ2v) is 7.76. The Morgan fingerprint density at radius 1 is 1.04 bits per heavy atom. The highest BCUT2D eigenvalue weighted by molar-refractivity contribution is 9.09. The number of alkyl halides is 1. The summed E-state index contributed by atoms with van der Waals surface area (Å²) >= 11 is 9.17. The molecule has 0 bridgehead atoms. The topological polar surface area (TPSA) is 52.6 Å². The smallest absolute Gasteiger partial charge is 0.302 e. The lowest BCUT2D eigenvalue weighted by Crippen LogP contribution is -2.38. The molecule has 138 valence electrons. The molecular weight excluding hydrogens is 420 g/mol. The normalized spacial score (nSPS) is 12.3. The van der Waals surface area contributed by atoms with E-state index in [-0.39, 0.29) is 12.4 Å². The lowest BCUT2D eigenvalue weighted by atomic mass is 9.89. The van der Waals surface area contributed by atoms with Gasteiger partial charge in [-0.3, -0.25) is 9.59 Å². The van der Waals surface area contributed by atoms with Crippen LogP contribution in [0.15, 0.2) is 48.5 Å². The first-order valence-electron chi connectivity index (χ1n) is 8.03. The molecule has 4 nitrogen and oxygen atoms in total. The standard InChI is InChI=1S/C20H20BrClO4/c1-13(23)25-12-20(2,3)18(24)19(21)26-17-10-6-15(7-11-17)14-4-8-16(22)9-5-14/h4-11,19H,12H2,1-3H3. The molecule has 0 aliphatic carbocycles. The van der Waals surface area contributed by atoms with Gasteiger partial charge in [-0.2, -0.15) is 0 Å². The van der Waals surface area contributed by atoms with Gasteiger partial charge in [0.25, 0.3) is 0 Å². The summed E-state index contributed by atoms with van der Waals surface area (Å²) in [5, 5.41) is -0.153. The third kappa shape index (κ3) is 5.58. The molecule has 2 aromatic rings. The Balaban J connectivity index is 2.02. The summed E-state index contributed by atoms with van der Waals surface area (Å²) < 4.78 is 10.6. The molecule has 1 atom stereocenters. The van der Waals surface area contributed by atoms with E-state index < -0.39 is 16.4 Å². The number of ether oxygens (including phenoxy) is 2. The van der Waals surface area contributed by atoms with E-state index in [0.29, 0.717) is 10.8 Å². The second kappa shape index (κ2) is 8.69. The number of rotatable bonds is 7. The zero-order valence-electron chi connectivity index (χ0n) is 14.8. The van der Waals surface area contributed by atoms with E-state index in [4.69, 9.17) is 21.1 Å². The van der Waals surface area contributed by atoms with E-state index in [0.717, 1.165) is 11.1 Å². The molecule has 0 radical (unpaired) electrons. The molecular formula is C20H20BrClO4. The minimum atomic E-state index is -0.858. The van der Waals surface area contributed by atoms with Crippen molar-refractivity contribution >= 4 is 39.3 Å². The summed E-state index contributed by atoms with van der Waals surface area (Å²) in [5.41, 5.74) is 1.19. The molecule has 0 saturated carbocycles. The first kappa shape index (κ1) is 20.5. The second-order valence-electron chi connectivity index (χ2n) is 6.49. The number of carbonyl (C=O) groups is 2. The lowest BCUT2D eigenvalue weighted by Gasteiger charge is -2.25. The van der Waals surface area contributed by atoms with E-state index in [1.807, 2.05) is 36.4 Å². The predicted molar refractivity (Wildman–Crippen MR) is 106 cm³/mol. The van der Waals surface area contributed by atoms with E-state index in [2.05, 4.69) is 15.9 Å². The van der Waals surface area contributed by atoms with Gasteiger partial charge in [0.05, 0.1) is 5.41 Å². The van der Waals surface area contributed by atoms with Crippen molar-refractivity contribution < 1.29 is 19.1 Å². The van der Waals surface area contributed by atoms with E-state index in [1.165, 1.54) is 6.92 Å². The quantitative estimate of drug-likeness (QED) is 0.436. The molecule has 0 spiro atoms. The Morgan fingerprint density at radius 3 is 2.04 bits per heavy atom. The summed E-state index contributed by atoms with van der Waals surface area (Å²) in [5.74, 6) is -0.0718. The van der Waals surface area contributed by atoms with Crippen LogP contribution in [0.1, 0.15) is 20.8 Å². The third-order valence-electron chi connectivity index (χ3n) is 3.78. The van der Waals surface area contributed by atoms with Gasteiger partial charge in [-0.15, -0.1) is 0 Å². The largest absolute Gasteiger partial charge is 0.471 e. The zero-order chi connectivity index (χ0) is 19.3. The fourth-order valence-corrected chi connectivity index (χ4v) is 3.16. The summed E-state index contributed by atoms with van der Waals surface area (Å²) in [6.45, 7) is 4.73. The maximum absolute atomic E-state index is 12.5. The number of Topliss-reactive ketones (excluding diaryl/α,β-unsaturated/α-hetero) is 1. The highest BCUT2D eigenvalue weighted by atomic mass is 79.9. The monoisotopic (exact) mass is 438 g/mol. The number of benzene rings is 2. The zero-order valence-corrected chi connectivity index (χ0v) is 17.1. The van der Waals surface area contributed by atoms with Crippen LogP contribution in [-0.4, -0.2) is 23.4 Å². The van der Waals surface area contributed by atoms with Gasteiger partial charge in [0.2, 0.25) is 5.01 Å². The number of ketones is 1. The molecule has 26 heavy (non-hydrogen) atoms. The molecule has 0 aliphatic heterocycles. The van der Waals surface area contributed by atoms with Crippen molar-refractivity contribution in [2.75, 3.05) is 6.61 Å². The Morgan fingerprint density at radius 2 is 1.54 bits per heavy atom.